The standard InChI is InChI=1S/C12H11N3O/c16-12(13-9-5-6-9)11-7-8-3-1-2-4-10(8)14-15-11/h1-4,7,9H,5-6H2,(H,13,16). The fraction of sp³-hybridized carbons (Fsp3) is 0.250. The minimum atomic E-state index is -0.124. The number of nitrogens with one attached hydrogen (secondary N) is 1. The Labute approximate surface area is 92.7 Å². The van der Waals surface area contributed by atoms with Gasteiger partial charge < -0.3 is 5.32 Å². The van der Waals surface area contributed by atoms with Crippen LogP contribution in [0.2, 0.25) is 0 Å². The molecule has 1 aromatic heterocycles. The quantitative estimate of drug-likeness (QED) is 0.822. The summed E-state index contributed by atoms with van der Waals surface area (Å²) in [5.41, 5.74) is 1.20. The van der Waals surface area contributed by atoms with Gasteiger partial charge in [-0.3, -0.25) is 4.79 Å². The zero-order valence-corrected chi connectivity index (χ0v) is 8.68. The lowest BCUT2D eigenvalue weighted by atomic mass is 10.2. The molecule has 0 saturated heterocycles. The highest BCUT2D eigenvalue weighted by molar-refractivity contribution is 5.95. The van der Waals surface area contributed by atoms with Crippen molar-refractivity contribution < 1.29 is 4.79 Å². The molecule has 4 nitrogen and oxygen atoms in total. The summed E-state index contributed by atoms with van der Waals surface area (Å²) in [6.07, 6.45) is 2.15. The van der Waals surface area contributed by atoms with Crippen LogP contribution in [-0.2, 0) is 0 Å². The molecule has 1 fully saturated rings. The highest BCUT2D eigenvalue weighted by atomic mass is 16.2. The number of carbonyl (C=O) groups is 1. The van der Waals surface area contributed by atoms with E-state index in [0.717, 1.165) is 23.7 Å². The second-order valence-corrected chi connectivity index (χ2v) is 4.04. The Bertz CT molecular complexity index is 549. The van der Waals surface area contributed by atoms with Crippen molar-refractivity contribution in [3.63, 3.8) is 0 Å². The maximum absolute atomic E-state index is 11.7. The average Bonchev–Trinajstić information content (AvgIpc) is 3.12. The first kappa shape index (κ1) is 9.27. The first-order valence-corrected chi connectivity index (χ1v) is 5.36. The molecule has 3 rings (SSSR count). The van der Waals surface area contributed by atoms with Crippen LogP contribution in [0.4, 0.5) is 0 Å². The van der Waals surface area contributed by atoms with E-state index >= 15 is 0 Å². The molecule has 1 aliphatic rings. The smallest absolute Gasteiger partial charge is 0.272 e. The SMILES string of the molecule is O=C(NC1CC1)c1cc2ccccc2nn1. The zero-order chi connectivity index (χ0) is 11.0. The fourth-order valence-corrected chi connectivity index (χ4v) is 1.58. The molecule has 1 amide bonds. The lowest BCUT2D eigenvalue weighted by Crippen LogP contribution is -2.26. The van der Waals surface area contributed by atoms with Gasteiger partial charge in [0.1, 0.15) is 0 Å². The summed E-state index contributed by atoms with van der Waals surface area (Å²) >= 11 is 0. The van der Waals surface area contributed by atoms with Crippen molar-refractivity contribution >= 4 is 16.8 Å². The summed E-state index contributed by atoms with van der Waals surface area (Å²) in [5.74, 6) is -0.124. The van der Waals surface area contributed by atoms with Gasteiger partial charge in [0.25, 0.3) is 5.91 Å². The first-order valence-electron chi connectivity index (χ1n) is 5.36. The summed E-state index contributed by atoms with van der Waals surface area (Å²) in [4.78, 5) is 11.7. The fourth-order valence-electron chi connectivity index (χ4n) is 1.58. The molecule has 0 radical (unpaired) electrons. The average molecular weight is 213 g/mol. The molecular weight excluding hydrogens is 202 g/mol. The topological polar surface area (TPSA) is 54.9 Å². The minimum absolute atomic E-state index is 0.124. The number of carbonyl (C=O) groups excluding carboxylic acids is 1. The van der Waals surface area contributed by atoms with Gasteiger partial charge in [0.2, 0.25) is 0 Å². The normalized spacial score (nSPS) is 15.0. The number of rotatable bonds is 2. The van der Waals surface area contributed by atoms with Gasteiger partial charge in [0.05, 0.1) is 5.52 Å². The Balaban J connectivity index is 1.94. The summed E-state index contributed by atoms with van der Waals surface area (Å²) in [5, 5.41) is 11.8. The molecular formula is C12H11N3O. The number of aromatic nitrogens is 2. The van der Waals surface area contributed by atoms with E-state index in [1.807, 2.05) is 24.3 Å². The third-order valence-corrected chi connectivity index (χ3v) is 2.64. The van der Waals surface area contributed by atoms with E-state index in [1.165, 1.54) is 0 Å². The molecule has 0 atom stereocenters. The van der Waals surface area contributed by atoms with Crippen LogP contribution in [-0.4, -0.2) is 22.1 Å². The summed E-state index contributed by atoms with van der Waals surface area (Å²) in [6.45, 7) is 0. The number of nitrogens with zero attached hydrogens (tertiary/aromatic N) is 2. The first-order chi connectivity index (χ1) is 7.83. The van der Waals surface area contributed by atoms with Gasteiger partial charge in [-0.1, -0.05) is 18.2 Å². The second kappa shape index (κ2) is 3.56. The molecule has 4 heteroatoms. The summed E-state index contributed by atoms with van der Waals surface area (Å²) in [6, 6.07) is 9.76. The maximum atomic E-state index is 11.7. The highest BCUT2D eigenvalue weighted by Gasteiger charge is 2.24. The van der Waals surface area contributed by atoms with Crippen LogP contribution in [0.15, 0.2) is 30.3 Å². The Hall–Kier alpha value is -1.97. The van der Waals surface area contributed by atoms with Crippen LogP contribution in [0.3, 0.4) is 0 Å². The molecule has 0 unspecified atom stereocenters. The van der Waals surface area contributed by atoms with Crippen LogP contribution in [0, 0.1) is 0 Å². The molecule has 0 spiro atoms. The lowest BCUT2D eigenvalue weighted by molar-refractivity contribution is 0.0945. The lowest BCUT2D eigenvalue weighted by Gasteiger charge is -2.02. The predicted molar refractivity (Wildman–Crippen MR) is 60.0 cm³/mol. The van der Waals surface area contributed by atoms with E-state index in [1.54, 1.807) is 6.07 Å². The number of hydrogen-bond acceptors (Lipinski definition) is 3. The van der Waals surface area contributed by atoms with E-state index in [4.69, 9.17) is 0 Å². The van der Waals surface area contributed by atoms with Crippen molar-refractivity contribution in [3.8, 4) is 0 Å². The van der Waals surface area contributed by atoms with Crippen molar-refractivity contribution in [3.05, 3.63) is 36.0 Å². The molecule has 80 valence electrons. The number of benzene rings is 1. The third kappa shape index (κ3) is 1.74. The van der Waals surface area contributed by atoms with Crippen LogP contribution >= 0.6 is 0 Å². The van der Waals surface area contributed by atoms with Crippen LogP contribution in [0.5, 0.6) is 0 Å². The Morgan fingerprint density at radius 3 is 2.88 bits per heavy atom. The summed E-state index contributed by atoms with van der Waals surface area (Å²) in [7, 11) is 0. The molecule has 1 heterocycles. The molecule has 0 aliphatic heterocycles. The largest absolute Gasteiger partial charge is 0.348 e. The molecule has 1 aliphatic carbocycles. The molecule has 2 aromatic rings. The Morgan fingerprint density at radius 1 is 1.25 bits per heavy atom. The summed E-state index contributed by atoms with van der Waals surface area (Å²) < 4.78 is 0. The van der Waals surface area contributed by atoms with Gasteiger partial charge in [-0.05, 0) is 25.0 Å². The van der Waals surface area contributed by atoms with Crippen molar-refractivity contribution in [1.82, 2.24) is 15.5 Å². The number of hydrogen-bond donors (Lipinski definition) is 1. The number of fused-ring (bicyclic) bond motifs is 1. The van der Waals surface area contributed by atoms with Gasteiger partial charge in [-0.15, -0.1) is 10.2 Å². The van der Waals surface area contributed by atoms with Gasteiger partial charge in [-0.25, -0.2) is 0 Å². The molecule has 1 aromatic carbocycles. The minimum Gasteiger partial charge on any atom is -0.348 e. The van der Waals surface area contributed by atoms with E-state index in [0.29, 0.717) is 11.7 Å². The Morgan fingerprint density at radius 2 is 2.06 bits per heavy atom. The van der Waals surface area contributed by atoms with E-state index < -0.39 is 0 Å². The van der Waals surface area contributed by atoms with Crippen LogP contribution in [0.25, 0.3) is 10.9 Å². The second-order valence-electron chi connectivity index (χ2n) is 4.04. The molecule has 1 N–H and O–H groups in total. The van der Waals surface area contributed by atoms with E-state index in [9.17, 15) is 4.79 Å². The third-order valence-electron chi connectivity index (χ3n) is 2.64. The van der Waals surface area contributed by atoms with Crippen molar-refractivity contribution in [1.29, 1.82) is 0 Å². The van der Waals surface area contributed by atoms with Crippen molar-refractivity contribution in [2.24, 2.45) is 0 Å². The van der Waals surface area contributed by atoms with E-state index in [2.05, 4.69) is 15.5 Å². The maximum Gasteiger partial charge on any atom is 0.272 e. The highest BCUT2D eigenvalue weighted by Crippen LogP contribution is 2.19. The van der Waals surface area contributed by atoms with Gasteiger partial charge in [-0.2, -0.15) is 0 Å². The van der Waals surface area contributed by atoms with Crippen molar-refractivity contribution in [2.45, 2.75) is 18.9 Å². The predicted octanol–water partition coefficient (Wildman–Crippen LogP) is 1.52. The van der Waals surface area contributed by atoms with E-state index in [-0.39, 0.29) is 5.91 Å². The Kier molecular flexibility index (Phi) is 2.06. The van der Waals surface area contributed by atoms with Gasteiger partial charge >= 0.3 is 0 Å². The number of amides is 1. The molecule has 1 saturated carbocycles. The molecule has 0 bridgehead atoms. The monoisotopic (exact) mass is 213 g/mol. The van der Waals surface area contributed by atoms with Crippen LogP contribution < -0.4 is 5.32 Å². The van der Waals surface area contributed by atoms with Gasteiger partial charge in [0, 0.05) is 11.4 Å². The van der Waals surface area contributed by atoms with Crippen molar-refractivity contribution in [2.75, 3.05) is 0 Å². The van der Waals surface area contributed by atoms with Gasteiger partial charge in [0.15, 0.2) is 5.69 Å². The van der Waals surface area contributed by atoms with Crippen LogP contribution in [0.1, 0.15) is 23.3 Å². The zero-order valence-electron chi connectivity index (χ0n) is 8.68. The molecule has 16 heavy (non-hydrogen) atoms.